The van der Waals surface area contributed by atoms with Crippen LogP contribution in [0.5, 0.6) is 5.75 Å². The van der Waals surface area contributed by atoms with Crippen molar-refractivity contribution in [1.82, 2.24) is 4.98 Å². The molecule has 21 heavy (non-hydrogen) atoms. The molecule has 1 aliphatic rings. The van der Waals surface area contributed by atoms with Crippen molar-refractivity contribution in [2.24, 2.45) is 11.8 Å². The van der Waals surface area contributed by atoms with Gasteiger partial charge in [-0.1, -0.05) is 6.92 Å². The second-order valence-corrected chi connectivity index (χ2v) is 5.55. The van der Waals surface area contributed by atoms with Gasteiger partial charge >= 0.3 is 5.97 Å². The van der Waals surface area contributed by atoms with Crippen LogP contribution in [0.3, 0.4) is 0 Å². The first-order valence-electron chi connectivity index (χ1n) is 7.00. The molecular weight excluding hydrogens is 268 g/mol. The molecule has 0 radical (unpaired) electrons. The van der Waals surface area contributed by atoms with Crippen molar-refractivity contribution in [2.75, 3.05) is 25.1 Å². The zero-order chi connectivity index (χ0) is 15.0. The highest BCUT2D eigenvalue weighted by Gasteiger charge is 2.35. The number of aromatic nitrogens is 1. The fourth-order valence-corrected chi connectivity index (χ4v) is 2.98. The molecule has 0 bridgehead atoms. The standard InChI is InChI=1S/C16H18N2O3/c1-10-8-18(9-14(10)16(19)20)15-13-4-3-12(21-2)7-11(13)5-6-17-15/h3-7,10,14H,8-9H2,1-2H3,(H,19,20). The summed E-state index contributed by atoms with van der Waals surface area (Å²) < 4.78 is 5.24. The Kier molecular flexibility index (Phi) is 3.41. The molecule has 0 saturated carbocycles. The van der Waals surface area contributed by atoms with Crippen LogP contribution in [0.2, 0.25) is 0 Å². The van der Waals surface area contributed by atoms with Crippen LogP contribution in [0.15, 0.2) is 30.5 Å². The third-order valence-corrected chi connectivity index (χ3v) is 4.18. The molecule has 1 N–H and O–H groups in total. The average Bonchev–Trinajstić information content (AvgIpc) is 2.88. The van der Waals surface area contributed by atoms with Gasteiger partial charge in [-0.15, -0.1) is 0 Å². The molecule has 2 atom stereocenters. The van der Waals surface area contributed by atoms with E-state index in [0.717, 1.165) is 28.9 Å². The topological polar surface area (TPSA) is 62.7 Å². The largest absolute Gasteiger partial charge is 0.497 e. The molecule has 2 aromatic rings. The van der Waals surface area contributed by atoms with Gasteiger partial charge in [0.25, 0.3) is 0 Å². The molecule has 5 heteroatoms. The summed E-state index contributed by atoms with van der Waals surface area (Å²) in [6, 6.07) is 7.79. The van der Waals surface area contributed by atoms with Crippen molar-refractivity contribution in [3.05, 3.63) is 30.5 Å². The lowest BCUT2D eigenvalue weighted by atomic mass is 9.99. The van der Waals surface area contributed by atoms with E-state index in [2.05, 4.69) is 9.88 Å². The van der Waals surface area contributed by atoms with E-state index in [4.69, 9.17) is 4.74 Å². The lowest BCUT2D eigenvalue weighted by Crippen LogP contribution is -2.23. The number of carboxylic acid groups (broad SMARTS) is 1. The number of hydrogen-bond acceptors (Lipinski definition) is 4. The van der Waals surface area contributed by atoms with Crippen LogP contribution in [0.4, 0.5) is 5.82 Å². The van der Waals surface area contributed by atoms with Crippen LogP contribution in [-0.2, 0) is 4.79 Å². The summed E-state index contributed by atoms with van der Waals surface area (Å²) in [6.45, 7) is 3.21. The van der Waals surface area contributed by atoms with Gasteiger partial charge in [-0.25, -0.2) is 4.98 Å². The molecule has 1 aromatic carbocycles. The van der Waals surface area contributed by atoms with Crippen molar-refractivity contribution in [3.8, 4) is 5.75 Å². The number of methoxy groups -OCH3 is 1. The molecule has 1 fully saturated rings. The maximum absolute atomic E-state index is 11.3. The smallest absolute Gasteiger partial charge is 0.308 e. The first kappa shape index (κ1) is 13.7. The predicted octanol–water partition coefficient (Wildman–Crippen LogP) is 2.40. The second kappa shape index (κ2) is 5.24. The van der Waals surface area contributed by atoms with Gasteiger partial charge in [-0.05, 0) is 35.6 Å². The maximum Gasteiger partial charge on any atom is 0.308 e. The Morgan fingerprint density at radius 3 is 2.86 bits per heavy atom. The maximum atomic E-state index is 11.3. The van der Waals surface area contributed by atoms with Gasteiger partial charge < -0.3 is 14.7 Å². The minimum atomic E-state index is -0.730. The Labute approximate surface area is 123 Å². The number of aliphatic carboxylic acids is 1. The van der Waals surface area contributed by atoms with Crippen molar-refractivity contribution in [1.29, 1.82) is 0 Å². The number of nitrogens with zero attached hydrogens (tertiary/aromatic N) is 2. The number of benzene rings is 1. The number of anilines is 1. The van der Waals surface area contributed by atoms with Crippen LogP contribution >= 0.6 is 0 Å². The molecule has 0 spiro atoms. The Morgan fingerprint density at radius 1 is 1.38 bits per heavy atom. The van der Waals surface area contributed by atoms with Gasteiger partial charge in [0.05, 0.1) is 13.0 Å². The number of rotatable bonds is 3. The van der Waals surface area contributed by atoms with Crippen LogP contribution in [0, 0.1) is 11.8 Å². The van der Waals surface area contributed by atoms with E-state index in [-0.39, 0.29) is 11.8 Å². The quantitative estimate of drug-likeness (QED) is 0.938. The number of carboxylic acids is 1. The highest BCUT2D eigenvalue weighted by Crippen LogP contribution is 2.32. The van der Waals surface area contributed by atoms with E-state index < -0.39 is 5.97 Å². The minimum absolute atomic E-state index is 0.123. The second-order valence-electron chi connectivity index (χ2n) is 5.55. The van der Waals surface area contributed by atoms with Gasteiger partial charge in [0.2, 0.25) is 0 Å². The van der Waals surface area contributed by atoms with Crippen LogP contribution < -0.4 is 9.64 Å². The molecule has 3 rings (SSSR count). The van der Waals surface area contributed by atoms with Gasteiger partial charge in [0, 0.05) is 24.7 Å². The van der Waals surface area contributed by atoms with Crippen molar-refractivity contribution in [3.63, 3.8) is 0 Å². The van der Waals surface area contributed by atoms with Gasteiger partial charge in [0.15, 0.2) is 0 Å². The SMILES string of the molecule is COc1ccc2c(N3CC(C)C(C(=O)O)C3)nccc2c1. The third kappa shape index (κ3) is 2.39. The highest BCUT2D eigenvalue weighted by atomic mass is 16.5. The summed E-state index contributed by atoms with van der Waals surface area (Å²) in [4.78, 5) is 17.8. The summed E-state index contributed by atoms with van der Waals surface area (Å²) in [7, 11) is 1.64. The molecule has 1 aromatic heterocycles. The summed E-state index contributed by atoms with van der Waals surface area (Å²) >= 11 is 0. The molecular formula is C16H18N2O3. The molecule has 0 aliphatic carbocycles. The van der Waals surface area contributed by atoms with Crippen LogP contribution in [-0.4, -0.2) is 36.3 Å². The van der Waals surface area contributed by atoms with Crippen molar-refractivity contribution in [2.45, 2.75) is 6.92 Å². The summed E-state index contributed by atoms with van der Waals surface area (Å²) in [5.41, 5.74) is 0. The first-order chi connectivity index (χ1) is 10.1. The lowest BCUT2D eigenvalue weighted by molar-refractivity contribution is -0.142. The van der Waals surface area contributed by atoms with E-state index in [0.29, 0.717) is 6.54 Å². The highest BCUT2D eigenvalue weighted by molar-refractivity contribution is 5.93. The predicted molar refractivity (Wildman–Crippen MR) is 80.8 cm³/mol. The fraction of sp³-hybridized carbons (Fsp3) is 0.375. The Morgan fingerprint density at radius 2 is 2.19 bits per heavy atom. The number of hydrogen-bond donors (Lipinski definition) is 1. The minimum Gasteiger partial charge on any atom is -0.497 e. The zero-order valence-electron chi connectivity index (χ0n) is 12.1. The molecule has 2 unspecified atom stereocenters. The van der Waals surface area contributed by atoms with E-state index in [1.807, 2.05) is 31.2 Å². The molecule has 5 nitrogen and oxygen atoms in total. The van der Waals surface area contributed by atoms with Crippen molar-refractivity contribution < 1.29 is 14.6 Å². The van der Waals surface area contributed by atoms with E-state index >= 15 is 0 Å². The molecule has 1 saturated heterocycles. The third-order valence-electron chi connectivity index (χ3n) is 4.18. The van der Waals surface area contributed by atoms with Crippen LogP contribution in [0.25, 0.3) is 10.8 Å². The van der Waals surface area contributed by atoms with Gasteiger partial charge in [0.1, 0.15) is 11.6 Å². The Hall–Kier alpha value is -2.30. The van der Waals surface area contributed by atoms with E-state index in [1.54, 1.807) is 13.3 Å². The normalized spacial score (nSPS) is 21.7. The summed E-state index contributed by atoms with van der Waals surface area (Å²) in [6.07, 6.45) is 1.76. The monoisotopic (exact) mass is 286 g/mol. The lowest BCUT2D eigenvalue weighted by Gasteiger charge is -2.19. The van der Waals surface area contributed by atoms with Gasteiger partial charge in [-0.3, -0.25) is 4.79 Å². The van der Waals surface area contributed by atoms with E-state index in [9.17, 15) is 9.90 Å². The molecule has 1 aliphatic heterocycles. The number of fused-ring (bicyclic) bond motifs is 1. The van der Waals surface area contributed by atoms with E-state index in [1.165, 1.54) is 0 Å². The Bertz CT molecular complexity index is 686. The summed E-state index contributed by atoms with van der Waals surface area (Å²) in [5.74, 6) is 0.716. The summed E-state index contributed by atoms with van der Waals surface area (Å²) in [5, 5.41) is 11.3. The molecule has 110 valence electrons. The number of ether oxygens (including phenoxy) is 1. The molecule has 0 amide bonds. The zero-order valence-corrected chi connectivity index (χ0v) is 12.1. The Balaban J connectivity index is 2.00. The average molecular weight is 286 g/mol. The first-order valence-corrected chi connectivity index (χ1v) is 7.00. The van der Waals surface area contributed by atoms with Crippen LogP contribution in [0.1, 0.15) is 6.92 Å². The number of carbonyl (C=O) groups is 1. The number of pyridine rings is 1. The fourth-order valence-electron chi connectivity index (χ4n) is 2.98. The van der Waals surface area contributed by atoms with Gasteiger partial charge in [-0.2, -0.15) is 0 Å². The van der Waals surface area contributed by atoms with Crippen molar-refractivity contribution >= 4 is 22.6 Å². The molecule has 2 heterocycles.